The molecule has 0 fully saturated rings. The molecule has 0 heterocycles. The first-order valence-electron chi connectivity index (χ1n) is 5.88. The van der Waals surface area contributed by atoms with E-state index in [1.54, 1.807) is 12.1 Å². The van der Waals surface area contributed by atoms with Crippen LogP contribution < -0.4 is 4.74 Å². The van der Waals surface area contributed by atoms with Gasteiger partial charge in [0.2, 0.25) is 0 Å². The number of carbonyl (C=O) groups is 1. The van der Waals surface area contributed by atoms with Gasteiger partial charge in [0.15, 0.2) is 5.78 Å². The van der Waals surface area contributed by atoms with E-state index >= 15 is 0 Å². The number of ether oxygens (including phenoxy) is 1. The van der Waals surface area contributed by atoms with Crippen LogP contribution in [0.3, 0.4) is 0 Å². The molecular weight excluding hydrogens is 330 g/mol. The summed E-state index contributed by atoms with van der Waals surface area (Å²) in [6, 6.07) is 9.69. The monoisotopic (exact) mass is 340 g/mol. The van der Waals surface area contributed by atoms with Gasteiger partial charge in [-0.3, -0.25) is 4.79 Å². The maximum absolute atomic E-state index is 13.0. The van der Waals surface area contributed by atoms with Gasteiger partial charge in [-0.15, -0.1) is 0 Å². The minimum atomic E-state index is -0.436. The van der Waals surface area contributed by atoms with Crippen molar-refractivity contribution in [2.75, 3.05) is 6.61 Å². The van der Waals surface area contributed by atoms with Crippen molar-refractivity contribution < 1.29 is 18.3 Å². The van der Waals surface area contributed by atoms with Crippen LogP contribution >= 0.6 is 15.9 Å². The van der Waals surface area contributed by atoms with Crippen LogP contribution in [0.5, 0.6) is 5.75 Å². The van der Waals surface area contributed by atoms with Gasteiger partial charge in [0, 0.05) is 12.5 Å². The summed E-state index contributed by atoms with van der Waals surface area (Å²) in [4.78, 5) is 11.7. The topological polar surface area (TPSA) is 26.3 Å². The molecule has 2 aromatic rings. The van der Waals surface area contributed by atoms with Crippen LogP contribution in [0.25, 0.3) is 0 Å². The average Bonchev–Trinajstić information content (AvgIpc) is 2.42. The van der Waals surface area contributed by atoms with E-state index in [1.807, 2.05) is 0 Å². The summed E-state index contributed by atoms with van der Waals surface area (Å²) in [5.74, 6) is -0.680. The Labute approximate surface area is 123 Å². The zero-order valence-electron chi connectivity index (χ0n) is 10.4. The van der Waals surface area contributed by atoms with E-state index in [-0.39, 0.29) is 30.4 Å². The van der Waals surface area contributed by atoms with Crippen molar-refractivity contribution in [2.24, 2.45) is 0 Å². The Balaban J connectivity index is 1.92. The quantitative estimate of drug-likeness (QED) is 0.824. The Morgan fingerprint density at radius 1 is 1.05 bits per heavy atom. The molecule has 0 unspecified atom stereocenters. The Morgan fingerprint density at radius 2 is 1.70 bits per heavy atom. The lowest BCUT2D eigenvalue weighted by molar-refractivity contribution is -0.120. The molecule has 0 aliphatic rings. The Morgan fingerprint density at radius 3 is 2.40 bits per heavy atom. The van der Waals surface area contributed by atoms with Gasteiger partial charge in [0.05, 0.1) is 4.47 Å². The fourth-order valence-electron chi connectivity index (χ4n) is 1.63. The summed E-state index contributed by atoms with van der Waals surface area (Å²) in [7, 11) is 0. The largest absolute Gasteiger partial charge is 0.485 e. The van der Waals surface area contributed by atoms with E-state index in [4.69, 9.17) is 4.74 Å². The fourth-order valence-corrected chi connectivity index (χ4v) is 1.99. The second-order valence-electron chi connectivity index (χ2n) is 4.21. The van der Waals surface area contributed by atoms with Gasteiger partial charge in [-0.05, 0) is 45.8 Å². The van der Waals surface area contributed by atoms with Crippen molar-refractivity contribution in [3.63, 3.8) is 0 Å². The number of halogens is 3. The standard InChI is InChI=1S/C15H11BrF2O2/c16-14-6-5-12(18)8-15(14)20-9-13(19)7-10-1-3-11(17)4-2-10/h1-6,8H,7,9H2. The molecule has 2 rings (SSSR count). The van der Waals surface area contributed by atoms with Gasteiger partial charge >= 0.3 is 0 Å². The Kier molecular flexibility index (Phi) is 4.84. The minimum absolute atomic E-state index is 0.146. The highest BCUT2D eigenvalue weighted by atomic mass is 79.9. The molecule has 104 valence electrons. The van der Waals surface area contributed by atoms with Crippen molar-refractivity contribution in [2.45, 2.75) is 6.42 Å². The van der Waals surface area contributed by atoms with E-state index in [9.17, 15) is 13.6 Å². The van der Waals surface area contributed by atoms with E-state index in [2.05, 4.69) is 15.9 Å². The summed E-state index contributed by atoms with van der Waals surface area (Å²) in [6.45, 7) is -0.167. The Hall–Kier alpha value is -1.75. The first-order chi connectivity index (χ1) is 9.54. The lowest BCUT2D eigenvalue weighted by Crippen LogP contribution is -2.14. The molecule has 0 amide bonds. The average molecular weight is 341 g/mol. The fraction of sp³-hybridized carbons (Fsp3) is 0.133. The lowest BCUT2D eigenvalue weighted by Gasteiger charge is -2.07. The maximum atomic E-state index is 13.0. The second-order valence-corrected chi connectivity index (χ2v) is 5.06. The third-order valence-electron chi connectivity index (χ3n) is 2.60. The number of benzene rings is 2. The first kappa shape index (κ1) is 14.7. The molecule has 20 heavy (non-hydrogen) atoms. The Bertz CT molecular complexity index is 612. The van der Waals surface area contributed by atoms with Crippen LogP contribution in [0.1, 0.15) is 5.56 Å². The normalized spacial score (nSPS) is 10.3. The first-order valence-corrected chi connectivity index (χ1v) is 6.68. The third kappa shape index (κ3) is 4.13. The maximum Gasteiger partial charge on any atom is 0.174 e. The molecule has 0 N–H and O–H groups in total. The molecule has 0 spiro atoms. The molecule has 5 heteroatoms. The highest BCUT2D eigenvalue weighted by Crippen LogP contribution is 2.25. The van der Waals surface area contributed by atoms with Crippen molar-refractivity contribution in [1.82, 2.24) is 0 Å². The number of hydrogen-bond acceptors (Lipinski definition) is 2. The summed E-state index contributed by atoms with van der Waals surface area (Å²) in [5.41, 5.74) is 0.707. The van der Waals surface area contributed by atoms with Gasteiger partial charge < -0.3 is 4.74 Å². The predicted molar refractivity (Wildman–Crippen MR) is 74.7 cm³/mol. The summed E-state index contributed by atoms with van der Waals surface area (Å²) in [6.07, 6.45) is 0.146. The molecule has 2 aromatic carbocycles. The van der Waals surface area contributed by atoms with Gasteiger partial charge in [-0.1, -0.05) is 12.1 Å². The zero-order valence-corrected chi connectivity index (χ0v) is 12.0. The molecule has 0 radical (unpaired) electrons. The predicted octanol–water partition coefficient (Wildman–Crippen LogP) is 3.92. The number of carbonyl (C=O) groups excluding carboxylic acids is 1. The highest BCUT2D eigenvalue weighted by Gasteiger charge is 2.08. The van der Waals surface area contributed by atoms with Crippen LogP contribution in [0.2, 0.25) is 0 Å². The van der Waals surface area contributed by atoms with Crippen LogP contribution in [-0.2, 0) is 11.2 Å². The van der Waals surface area contributed by atoms with Gasteiger partial charge in [-0.25, -0.2) is 8.78 Å². The van der Waals surface area contributed by atoms with Crippen molar-refractivity contribution >= 4 is 21.7 Å². The lowest BCUT2D eigenvalue weighted by atomic mass is 10.1. The number of rotatable bonds is 5. The number of ketones is 1. The molecule has 0 aliphatic heterocycles. The van der Waals surface area contributed by atoms with Crippen LogP contribution in [-0.4, -0.2) is 12.4 Å². The molecular formula is C15H11BrF2O2. The van der Waals surface area contributed by atoms with Gasteiger partial charge in [-0.2, -0.15) is 0 Å². The summed E-state index contributed by atoms with van der Waals surface area (Å²) >= 11 is 3.21. The SMILES string of the molecule is O=C(COc1cc(F)ccc1Br)Cc1ccc(F)cc1. The smallest absolute Gasteiger partial charge is 0.174 e. The van der Waals surface area contributed by atoms with Crippen molar-refractivity contribution in [3.8, 4) is 5.75 Å². The molecule has 0 bridgehead atoms. The summed E-state index contributed by atoms with van der Waals surface area (Å²) < 4.78 is 31.6. The van der Waals surface area contributed by atoms with Gasteiger partial charge in [0.25, 0.3) is 0 Å². The number of hydrogen-bond donors (Lipinski definition) is 0. The van der Waals surface area contributed by atoms with Crippen molar-refractivity contribution in [3.05, 3.63) is 64.1 Å². The van der Waals surface area contributed by atoms with E-state index in [1.165, 1.54) is 30.3 Å². The van der Waals surface area contributed by atoms with E-state index in [0.29, 0.717) is 10.0 Å². The highest BCUT2D eigenvalue weighted by molar-refractivity contribution is 9.10. The van der Waals surface area contributed by atoms with Crippen LogP contribution in [0.4, 0.5) is 8.78 Å². The molecule has 0 aromatic heterocycles. The second kappa shape index (κ2) is 6.61. The zero-order chi connectivity index (χ0) is 14.5. The minimum Gasteiger partial charge on any atom is -0.485 e. The van der Waals surface area contributed by atoms with Crippen molar-refractivity contribution in [1.29, 1.82) is 0 Å². The third-order valence-corrected chi connectivity index (χ3v) is 3.25. The van der Waals surface area contributed by atoms with Crippen LogP contribution in [0, 0.1) is 11.6 Å². The van der Waals surface area contributed by atoms with E-state index in [0.717, 1.165) is 0 Å². The molecule has 0 aliphatic carbocycles. The van der Waals surface area contributed by atoms with E-state index < -0.39 is 5.82 Å². The molecule has 0 saturated carbocycles. The molecule has 2 nitrogen and oxygen atoms in total. The summed E-state index contributed by atoms with van der Waals surface area (Å²) in [5, 5.41) is 0. The number of Topliss-reactive ketones (excluding diaryl/α,β-unsaturated/α-hetero) is 1. The molecule has 0 atom stereocenters. The van der Waals surface area contributed by atoms with Crippen LogP contribution in [0.15, 0.2) is 46.9 Å². The molecule has 0 saturated heterocycles. The van der Waals surface area contributed by atoms with Gasteiger partial charge in [0.1, 0.15) is 24.0 Å².